The van der Waals surface area contributed by atoms with Gasteiger partial charge in [0.1, 0.15) is 0 Å². The van der Waals surface area contributed by atoms with Gasteiger partial charge < -0.3 is 9.05 Å². The Kier molecular flexibility index (Phi) is 5.04. The Balaban J connectivity index is 3.23. The van der Waals surface area contributed by atoms with Gasteiger partial charge in [-0.3, -0.25) is 14.7 Å². The molecular formula is C10H14NO7PS. The van der Waals surface area contributed by atoms with E-state index in [1.54, 1.807) is 0 Å². The molecule has 0 aliphatic rings. The van der Waals surface area contributed by atoms with Crippen LogP contribution in [0.15, 0.2) is 29.2 Å². The van der Waals surface area contributed by atoms with Crippen LogP contribution in [0.25, 0.3) is 0 Å². The molecule has 0 heterocycles. The second kappa shape index (κ2) is 6.01. The van der Waals surface area contributed by atoms with Gasteiger partial charge in [-0.05, 0) is 19.1 Å². The average molecular weight is 323 g/mol. The lowest BCUT2D eigenvalue weighted by Gasteiger charge is -2.20. The molecule has 0 aromatic heterocycles. The minimum atomic E-state index is -4.00. The molecule has 0 fully saturated rings. The van der Waals surface area contributed by atoms with Crippen molar-refractivity contribution < 1.29 is 27.0 Å². The predicted octanol–water partition coefficient (Wildman–Crippen LogP) is 2.20. The highest BCUT2D eigenvalue weighted by Gasteiger charge is 2.41. The molecule has 1 aromatic rings. The molecule has 8 nitrogen and oxygen atoms in total. The van der Waals surface area contributed by atoms with Crippen molar-refractivity contribution in [2.24, 2.45) is 0 Å². The van der Waals surface area contributed by atoms with E-state index < -0.39 is 27.3 Å². The number of benzene rings is 1. The third kappa shape index (κ3) is 3.06. The fraction of sp³-hybridized carbons (Fsp3) is 0.400. The van der Waals surface area contributed by atoms with E-state index in [4.69, 9.17) is 0 Å². The van der Waals surface area contributed by atoms with E-state index in [1.165, 1.54) is 6.92 Å². The number of nitro groups is 1. The summed E-state index contributed by atoms with van der Waals surface area (Å²) in [6.45, 7) is 1.20. The maximum atomic E-state index is 12.3. The summed E-state index contributed by atoms with van der Waals surface area (Å²) in [7, 11) is -5.63. The standard InChI is InChI=1S/C10H14NO7PS/c1-8(19(14,17-2)18-3)20(15,16)10-6-4-9(5-7-10)11(12)13/h4-8H,1-3H3. The molecule has 0 aliphatic carbocycles. The molecular weight excluding hydrogens is 309 g/mol. The van der Waals surface area contributed by atoms with Crippen LogP contribution in [0.5, 0.6) is 0 Å². The van der Waals surface area contributed by atoms with E-state index in [0.29, 0.717) is 0 Å². The van der Waals surface area contributed by atoms with Gasteiger partial charge in [-0.25, -0.2) is 8.42 Å². The molecule has 1 rings (SSSR count). The van der Waals surface area contributed by atoms with Gasteiger partial charge in [-0.2, -0.15) is 0 Å². The lowest BCUT2D eigenvalue weighted by Crippen LogP contribution is -2.20. The van der Waals surface area contributed by atoms with Crippen LogP contribution in [-0.2, 0) is 23.4 Å². The number of rotatable bonds is 6. The molecule has 0 radical (unpaired) electrons. The molecule has 0 saturated heterocycles. The molecule has 0 N–H and O–H groups in total. The zero-order valence-corrected chi connectivity index (χ0v) is 12.8. The highest BCUT2D eigenvalue weighted by Crippen LogP contribution is 2.54. The summed E-state index contributed by atoms with van der Waals surface area (Å²) in [5.74, 6) is 0. The van der Waals surface area contributed by atoms with E-state index in [-0.39, 0.29) is 10.6 Å². The van der Waals surface area contributed by atoms with Gasteiger partial charge in [0.05, 0.1) is 9.82 Å². The number of hydrogen-bond acceptors (Lipinski definition) is 7. The highest BCUT2D eigenvalue weighted by atomic mass is 32.2. The Morgan fingerprint density at radius 3 is 2.00 bits per heavy atom. The smallest absolute Gasteiger partial charge is 0.311 e. The Bertz CT molecular complexity index is 632. The number of nitrogens with zero attached hydrogens (tertiary/aromatic N) is 1. The maximum absolute atomic E-state index is 12.3. The fourth-order valence-electron chi connectivity index (χ4n) is 1.50. The SMILES string of the molecule is COP(=O)(OC)C(C)S(=O)(=O)c1ccc([N+](=O)[O-])cc1. The normalized spacial score (nSPS) is 13.9. The molecule has 1 atom stereocenters. The largest absolute Gasteiger partial charge is 0.348 e. The monoisotopic (exact) mass is 323 g/mol. The Labute approximate surface area is 116 Å². The van der Waals surface area contributed by atoms with Crippen LogP contribution in [0.2, 0.25) is 0 Å². The first kappa shape index (κ1) is 16.8. The summed E-state index contributed by atoms with van der Waals surface area (Å²) >= 11 is 0. The summed E-state index contributed by atoms with van der Waals surface area (Å²) in [6.07, 6.45) is 0. The Morgan fingerprint density at radius 2 is 1.65 bits per heavy atom. The van der Waals surface area contributed by atoms with Crippen LogP contribution >= 0.6 is 7.60 Å². The van der Waals surface area contributed by atoms with Crippen LogP contribution in [0.1, 0.15) is 6.92 Å². The minimum Gasteiger partial charge on any atom is -0.311 e. The summed E-state index contributed by atoms with van der Waals surface area (Å²) in [5, 5.41) is 10.5. The van der Waals surface area contributed by atoms with E-state index in [9.17, 15) is 23.1 Å². The topological polar surface area (TPSA) is 113 Å². The predicted molar refractivity (Wildman–Crippen MR) is 71.4 cm³/mol. The number of sulfone groups is 1. The molecule has 112 valence electrons. The number of nitro benzene ring substituents is 1. The van der Waals surface area contributed by atoms with Crippen LogP contribution in [-0.4, -0.2) is 32.6 Å². The van der Waals surface area contributed by atoms with Gasteiger partial charge >= 0.3 is 7.60 Å². The molecule has 20 heavy (non-hydrogen) atoms. The zero-order valence-electron chi connectivity index (χ0n) is 11.0. The average Bonchev–Trinajstić information content (AvgIpc) is 2.45. The van der Waals surface area contributed by atoms with Crippen molar-refractivity contribution in [2.75, 3.05) is 14.2 Å². The summed E-state index contributed by atoms with van der Waals surface area (Å²) in [4.78, 5) is 8.26. The molecule has 10 heteroatoms. The van der Waals surface area contributed by atoms with Gasteiger partial charge in [0, 0.05) is 26.4 Å². The highest BCUT2D eigenvalue weighted by molar-refractivity contribution is 7.98. The van der Waals surface area contributed by atoms with Crippen LogP contribution in [0, 0.1) is 10.1 Å². The Hall–Kier alpha value is -1.28. The number of non-ortho nitro benzene ring substituents is 1. The van der Waals surface area contributed by atoms with Gasteiger partial charge in [-0.15, -0.1) is 0 Å². The lowest BCUT2D eigenvalue weighted by molar-refractivity contribution is -0.384. The first-order chi connectivity index (χ1) is 9.19. The van der Waals surface area contributed by atoms with Gasteiger partial charge in [0.25, 0.3) is 5.69 Å². The van der Waals surface area contributed by atoms with Crippen molar-refractivity contribution in [1.29, 1.82) is 0 Å². The van der Waals surface area contributed by atoms with Gasteiger partial charge in [0.15, 0.2) is 14.8 Å². The third-order valence-electron chi connectivity index (χ3n) is 2.78. The van der Waals surface area contributed by atoms with Crippen molar-refractivity contribution >= 4 is 23.1 Å². The summed E-state index contributed by atoms with van der Waals surface area (Å²) in [6, 6.07) is 4.29. The van der Waals surface area contributed by atoms with E-state index in [0.717, 1.165) is 38.5 Å². The molecule has 1 unspecified atom stereocenters. The first-order valence-corrected chi connectivity index (χ1v) is 8.54. The lowest BCUT2D eigenvalue weighted by atomic mass is 10.3. The van der Waals surface area contributed by atoms with Crippen molar-refractivity contribution in [3.05, 3.63) is 34.4 Å². The molecule has 0 bridgehead atoms. The second-order valence-corrected chi connectivity index (χ2v) is 9.00. The van der Waals surface area contributed by atoms with Crippen molar-refractivity contribution in [3.63, 3.8) is 0 Å². The quantitative estimate of drug-likeness (QED) is 0.448. The van der Waals surface area contributed by atoms with Crippen LogP contribution in [0.3, 0.4) is 0 Å². The van der Waals surface area contributed by atoms with Crippen molar-refractivity contribution in [1.82, 2.24) is 0 Å². The Morgan fingerprint density at radius 1 is 1.20 bits per heavy atom. The minimum absolute atomic E-state index is 0.190. The molecule has 0 saturated carbocycles. The summed E-state index contributed by atoms with van der Waals surface area (Å²) < 4.78 is 46.0. The molecule has 0 amide bonds. The maximum Gasteiger partial charge on any atom is 0.348 e. The first-order valence-electron chi connectivity index (χ1n) is 5.38. The second-order valence-electron chi connectivity index (χ2n) is 3.80. The molecule has 0 aliphatic heterocycles. The van der Waals surface area contributed by atoms with Crippen LogP contribution in [0.4, 0.5) is 5.69 Å². The van der Waals surface area contributed by atoms with Gasteiger partial charge in [0.2, 0.25) is 0 Å². The van der Waals surface area contributed by atoms with E-state index >= 15 is 0 Å². The van der Waals surface area contributed by atoms with E-state index in [2.05, 4.69) is 9.05 Å². The summed E-state index contributed by atoms with van der Waals surface area (Å²) in [5.41, 5.74) is -0.238. The molecule has 1 aromatic carbocycles. The fourth-order valence-corrected chi connectivity index (χ4v) is 5.39. The van der Waals surface area contributed by atoms with Gasteiger partial charge in [-0.1, -0.05) is 0 Å². The number of hydrogen-bond donors (Lipinski definition) is 0. The zero-order chi connectivity index (χ0) is 15.6. The third-order valence-corrected chi connectivity index (χ3v) is 8.12. The van der Waals surface area contributed by atoms with Crippen molar-refractivity contribution in [2.45, 2.75) is 16.8 Å². The molecule has 0 spiro atoms. The van der Waals surface area contributed by atoms with E-state index in [1.807, 2.05) is 0 Å². The van der Waals surface area contributed by atoms with Crippen molar-refractivity contribution in [3.8, 4) is 0 Å². The van der Waals surface area contributed by atoms with Crippen LogP contribution < -0.4 is 0 Å².